The van der Waals surface area contributed by atoms with Crippen LogP contribution in [0.1, 0.15) is 29.2 Å². The molecule has 6 nitrogen and oxygen atoms in total. The summed E-state index contributed by atoms with van der Waals surface area (Å²) < 4.78 is 17.6. The molecule has 2 amide bonds. The van der Waals surface area contributed by atoms with Gasteiger partial charge in [-0.3, -0.25) is 14.5 Å². The molecule has 0 unspecified atom stereocenters. The van der Waals surface area contributed by atoms with Gasteiger partial charge in [-0.15, -0.1) is 0 Å². The Labute approximate surface area is 236 Å². The molecule has 0 aliphatic carbocycles. The summed E-state index contributed by atoms with van der Waals surface area (Å²) in [7, 11) is 0. The van der Waals surface area contributed by atoms with E-state index in [2.05, 4.69) is 0 Å². The van der Waals surface area contributed by atoms with Gasteiger partial charge in [0.25, 0.3) is 11.1 Å². The molecule has 3 aromatic carbocycles. The topological polar surface area (TPSA) is 65.1 Å². The van der Waals surface area contributed by atoms with E-state index in [0.717, 1.165) is 34.2 Å². The van der Waals surface area contributed by atoms with Crippen LogP contribution < -0.4 is 14.2 Å². The highest BCUT2D eigenvalue weighted by Crippen LogP contribution is 2.40. The molecular formula is C29H27Cl2NO5S. The van der Waals surface area contributed by atoms with Crippen molar-refractivity contribution in [3.63, 3.8) is 0 Å². The van der Waals surface area contributed by atoms with Crippen LogP contribution in [0.4, 0.5) is 4.79 Å². The summed E-state index contributed by atoms with van der Waals surface area (Å²) in [5, 5.41) is 0.561. The van der Waals surface area contributed by atoms with E-state index in [1.807, 2.05) is 57.2 Å². The first-order valence-electron chi connectivity index (χ1n) is 12.0. The monoisotopic (exact) mass is 571 g/mol. The zero-order valence-corrected chi connectivity index (χ0v) is 23.6. The van der Waals surface area contributed by atoms with Gasteiger partial charge < -0.3 is 14.2 Å². The summed E-state index contributed by atoms with van der Waals surface area (Å²) in [6, 6.07) is 16.7. The van der Waals surface area contributed by atoms with Gasteiger partial charge >= 0.3 is 0 Å². The highest BCUT2D eigenvalue weighted by atomic mass is 35.5. The van der Waals surface area contributed by atoms with Crippen LogP contribution in [-0.4, -0.2) is 35.8 Å². The second-order valence-electron chi connectivity index (χ2n) is 8.59. The highest BCUT2D eigenvalue weighted by Gasteiger charge is 2.35. The Bertz CT molecular complexity index is 1390. The molecular weight excluding hydrogens is 545 g/mol. The van der Waals surface area contributed by atoms with Crippen LogP contribution in [0, 0.1) is 13.8 Å². The lowest BCUT2D eigenvalue weighted by Crippen LogP contribution is -2.32. The van der Waals surface area contributed by atoms with Crippen molar-refractivity contribution in [1.29, 1.82) is 0 Å². The minimum atomic E-state index is -0.377. The molecule has 0 atom stereocenters. The van der Waals surface area contributed by atoms with Crippen molar-refractivity contribution >= 4 is 52.2 Å². The van der Waals surface area contributed by atoms with Gasteiger partial charge in [-0.2, -0.15) is 0 Å². The normalized spacial score (nSPS) is 14.3. The second kappa shape index (κ2) is 12.6. The van der Waals surface area contributed by atoms with Gasteiger partial charge in [-0.25, -0.2) is 0 Å². The number of amides is 2. The van der Waals surface area contributed by atoms with Gasteiger partial charge in [-0.1, -0.05) is 53.5 Å². The average Bonchev–Trinajstić information content (AvgIpc) is 3.14. The number of thioether (sulfide) groups is 1. The van der Waals surface area contributed by atoms with Gasteiger partial charge in [0.1, 0.15) is 19.0 Å². The minimum absolute atomic E-state index is 0.148. The molecule has 9 heteroatoms. The second-order valence-corrected chi connectivity index (χ2v) is 10.4. The summed E-state index contributed by atoms with van der Waals surface area (Å²) >= 11 is 13.7. The van der Waals surface area contributed by atoms with Crippen molar-refractivity contribution in [2.45, 2.75) is 27.4 Å². The number of carbonyl (C=O) groups is 2. The zero-order valence-electron chi connectivity index (χ0n) is 21.3. The van der Waals surface area contributed by atoms with Crippen LogP contribution in [0.15, 0.2) is 59.5 Å². The highest BCUT2D eigenvalue weighted by molar-refractivity contribution is 8.18. The van der Waals surface area contributed by atoms with E-state index in [-0.39, 0.29) is 30.9 Å². The number of benzene rings is 3. The number of carbonyl (C=O) groups excluding carboxylic acids is 2. The van der Waals surface area contributed by atoms with E-state index in [4.69, 9.17) is 37.4 Å². The van der Waals surface area contributed by atoms with Crippen LogP contribution >= 0.6 is 35.0 Å². The number of rotatable bonds is 10. The lowest BCUT2D eigenvalue weighted by atomic mass is 10.1. The summed E-state index contributed by atoms with van der Waals surface area (Å²) in [5.41, 5.74) is 3.49. The number of imide groups is 1. The molecule has 0 saturated carbocycles. The van der Waals surface area contributed by atoms with Crippen LogP contribution in [-0.2, 0) is 11.4 Å². The Morgan fingerprint density at radius 2 is 1.71 bits per heavy atom. The lowest BCUT2D eigenvalue weighted by Gasteiger charge is -2.15. The predicted octanol–water partition coefficient (Wildman–Crippen LogP) is 7.70. The zero-order chi connectivity index (χ0) is 27.2. The van der Waals surface area contributed by atoms with Gasteiger partial charge in [-0.05, 0) is 79.6 Å². The van der Waals surface area contributed by atoms with Gasteiger partial charge in [0.15, 0.2) is 11.5 Å². The molecule has 1 saturated heterocycles. The summed E-state index contributed by atoms with van der Waals surface area (Å²) in [6.07, 6.45) is 1.63. The number of ether oxygens (including phenoxy) is 3. The van der Waals surface area contributed by atoms with E-state index in [0.29, 0.717) is 38.6 Å². The molecule has 38 heavy (non-hydrogen) atoms. The van der Waals surface area contributed by atoms with Gasteiger partial charge in [0.05, 0.1) is 23.1 Å². The Hall–Kier alpha value is -3.13. The van der Waals surface area contributed by atoms with Crippen molar-refractivity contribution < 1.29 is 23.8 Å². The van der Waals surface area contributed by atoms with Crippen LogP contribution in [0.5, 0.6) is 17.2 Å². The minimum Gasteiger partial charge on any atom is -0.491 e. The summed E-state index contributed by atoms with van der Waals surface area (Å²) in [6.45, 7) is 6.73. The largest absolute Gasteiger partial charge is 0.491 e. The fraction of sp³-hybridized carbons (Fsp3) is 0.241. The van der Waals surface area contributed by atoms with E-state index in [1.54, 1.807) is 24.3 Å². The molecule has 0 N–H and O–H groups in total. The average molecular weight is 573 g/mol. The molecule has 1 aliphatic rings. The first-order valence-corrected chi connectivity index (χ1v) is 13.6. The number of nitrogens with zero attached hydrogens (tertiary/aromatic N) is 1. The molecule has 1 aliphatic heterocycles. The molecule has 4 rings (SSSR count). The molecule has 0 spiro atoms. The van der Waals surface area contributed by atoms with Crippen molar-refractivity contribution in [3.05, 3.63) is 91.8 Å². The van der Waals surface area contributed by atoms with Crippen molar-refractivity contribution in [2.24, 2.45) is 0 Å². The molecule has 3 aromatic rings. The molecule has 1 heterocycles. The first kappa shape index (κ1) is 27.9. The Morgan fingerprint density at radius 1 is 0.921 bits per heavy atom. The molecule has 0 radical (unpaired) electrons. The third-order valence-corrected chi connectivity index (χ3v) is 7.31. The quantitative estimate of drug-likeness (QED) is 0.232. The van der Waals surface area contributed by atoms with Crippen LogP contribution in [0.3, 0.4) is 0 Å². The van der Waals surface area contributed by atoms with E-state index < -0.39 is 0 Å². The summed E-state index contributed by atoms with van der Waals surface area (Å²) in [4.78, 5) is 27.1. The SMILES string of the molecule is CCOc1cc(/C=C2\SC(=O)N(CCOc3cc(C)ccc3C)C2=O)cc(Cl)c1OCc1ccccc1Cl. The van der Waals surface area contributed by atoms with E-state index >= 15 is 0 Å². The van der Waals surface area contributed by atoms with E-state index in [9.17, 15) is 9.59 Å². The molecule has 0 aromatic heterocycles. The number of aryl methyl sites for hydroxylation is 2. The maximum Gasteiger partial charge on any atom is 0.293 e. The van der Waals surface area contributed by atoms with Crippen molar-refractivity contribution in [2.75, 3.05) is 19.8 Å². The fourth-order valence-electron chi connectivity index (χ4n) is 3.79. The molecule has 1 fully saturated rings. The Kier molecular flexibility index (Phi) is 9.26. The number of hydrogen-bond donors (Lipinski definition) is 0. The van der Waals surface area contributed by atoms with Crippen LogP contribution in [0.25, 0.3) is 6.08 Å². The molecule has 198 valence electrons. The Morgan fingerprint density at radius 3 is 2.47 bits per heavy atom. The third-order valence-electron chi connectivity index (χ3n) is 5.75. The van der Waals surface area contributed by atoms with Gasteiger partial charge in [0, 0.05) is 10.6 Å². The maximum atomic E-state index is 13.0. The third kappa shape index (κ3) is 6.65. The van der Waals surface area contributed by atoms with Crippen LogP contribution in [0.2, 0.25) is 10.0 Å². The fourth-order valence-corrected chi connectivity index (χ4v) is 5.12. The number of halogens is 2. The predicted molar refractivity (Wildman–Crippen MR) is 152 cm³/mol. The molecule has 0 bridgehead atoms. The van der Waals surface area contributed by atoms with E-state index in [1.165, 1.54) is 4.90 Å². The maximum absolute atomic E-state index is 13.0. The first-order chi connectivity index (χ1) is 18.3. The smallest absolute Gasteiger partial charge is 0.293 e. The standard InChI is InChI=1S/C29H27Cl2NO5S/c1-4-35-25-15-20(14-23(31)27(25)37-17-21-7-5-6-8-22(21)30)16-26-28(33)32(29(34)38-26)11-12-36-24-13-18(2)9-10-19(24)3/h5-10,13-16H,4,11-12,17H2,1-3H3/b26-16-. The van der Waals surface area contributed by atoms with Crippen molar-refractivity contribution in [1.82, 2.24) is 4.90 Å². The summed E-state index contributed by atoms with van der Waals surface area (Å²) in [5.74, 6) is 1.17. The number of hydrogen-bond acceptors (Lipinski definition) is 6. The Balaban J connectivity index is 1.47. The lowest BCUT2D eigenvalue weighted by molar-refractivity contribution is -0.123. The van der Waals surface area contributed by atoms with Gasteiger partial charge in [0.2, 0.25) is 0 Å². The van der Waals surface area contributed by atoms with Crippen molar-refractivity contribution in [3.8, 4) is 17.2 Å².